The number of aliphatic imine (C=N–C) groups is 1. The fourth-order valence-corrected chi connectivity index (χ4v) is 3.38. The Labute approximate surface area is 149 Å². The van der Waals surface area contributed by atoms with Crippen LogP contribution >= 0.6 is 24.0 Å². The number of nitrogens with one attached hydrogen (secondary N) is 1. The largest absolute Gasteiger partial charge is 0.493 e. The fraction of sp³-hybridized carbons (Fsp3) is 0.588. The minimum atomic E-state index is 0. The van der Waals surface area contributed by atoms with Gasteiger partial charge >= 0.3 is 0 Å². The van der Waals surface area contributed by atoms with E-state index in [0.717, 1.165) is 31.2 Å². The zero-order valence-electron chi connectivity index (χ0n) is 13.0. The average molecular weight is 415 g/mol. The first kappa shape index (κ1) is 17.4. The van der Waals surface area contributed by atoms with Crippen molar-refractivity contribution in [1.82, 2.24) is 5.32 Å². The molecule has 5 heteroatoms. The van der Waals surface area contributed by atoms with E-state index >= 15 is 0 Å². The van der Waals surface area contributed by atoms with E-state index in [4.69, 9.17) is 10.5 Å². The van der Waals surface area contributed by atoms with E-state index in [1.165, 1.54) is 37.7 Å². The van der Waals surface area contributed by atoms with Crippen LogP contribution in [0, 0.1) is 5.92 Å². The van der Waals surface area contributed by atoms with Gasteiger partial charge < -0.3 is 15.8 Å². The first-order valence-corrected chi connectivity index (χ1v) is 8.11. The molecule has 1 heterocycles. The predicted molar refractivity (Wildman–Crippen MR) is 101 cm³/mol. The lowest BCUT2D eigenvalue weighted by Gasteiger charge is -2.27. The molecule has 122 valence electrons. The zero-order chi connectivity index (χ0) is 14.5. The highest BCUT2D eigenvalue weighted by molar-refractivity contribution is 14.0. The van der Waals surface area contributed by atoms with Gasteiger partial charge in [-0.15, -0.1) is 24.0 Å². The summed E-state index contributed by atoms with van der Waals surface area (Å²) in [4.78, 5) is 4.50. The number of ether oxygens (including phenoxy) is 1. The number of hydrogen-bond donors (Lipinski definition) is 2. The van der Waals surface area contributed by atoms with Crippen LogP contribution in [0.4, 0.5) is 0 Å². The second-order valence-electron chi connectivity index (χ2n) is 6.08. The van der Waals surface area contributed by atoms with E-state index in [9.17, 15) is 0 Å². The minimum Gasteiger partial charge on any atom is -0.493 e. The molecule has 1 aliphatic heterocycles. The van der Waals surface area contributed by atoms with Crippen molar-refractivity contribution in [3.05, 3.63) is 29.8 Å². The summed E-state index contributed by atoms with van der Waals surface area (Å²) in [5, 5.41) is 3.35. The predicted octanol–water partition coefficient (Wildman–Crippen LogP) is 3.61. The zero-order valence-corrected chi connectivity index (χ0v) is 15.3. The lowest BCUT2D eigenvalue weighted by molar-refractivity contribution is 0.262. The van der Waals surface area contributed by atoms with Crippen molar-refractivity contribution in [1.29, 1.82) is 0 Å². The molecule has 3 rings (SSSR count). The number of benzene rings is 1. The van der Waals surface area contributed by atoms with Gasteiger partial charge in [0.1, 0.15) is 5.75 Å². The van der Waals surface area contributed by atoms with Crippen molar-refractivity contribution >= 4 is 29.9 Å². The van der Waals surface area contributed by atoms with E-state index in [2.05, 4.69) is 16.4 Å². The molecule has 3 N–H and O–H groups in total. The first-order chi connectivity index (χ1) is 10.3. The first-order valence-electron chi connectivity index (χ1n) is 8.11. The van der Waals surface area contributed by atoms with Crippen LogP contribution in [0.2, 0.25) is 0 Å². The molecule has 22 heavy (non-hydrogen) atoms. The van der Waals surface area contributed by atoms with Gasteiger partial charge in [-0.3, -0.25) is 4.99 Å². The normalized spacial score (nSPS) is 21.6. The molecule has 1 aromatic rings. The molecule has 0 spiro atoms. The Hall–Kier alpha value is -0.980. The molecule has 0 aromatic heterocycles. The molecule has 0 saturated heterocycles. The summed E-state index contributed by atoms with van der Waals surface area (Å²) in [5.41, 5.74) is 7.22. The van der Waals surface area contributed by atoms with Crippen molar-refractivity contribution in [2.45, 2.75) is 44.6 Å². The fourth-order valence-electron chi connectivity index (χ4n) is 3.38. The van der Waals surface area contributed by atoms with Crippen LogP contribution in [0.25, 0.3) is 0 Å². The maximum atomic E-state index is 6.04. The third-order valence-electron chi connectivity index (χ3n) is 4.57. The second kappa shape index (κ2) is 8.60. The van der Waals surface area contributed by atoms with E-state index < -0.39 is 0 Å². The summed E-state index contributed by atoms with van der Waals surface area (Å²) >= 11 is 0. The number of guanidine groups is 1. The summed E-state index contributed by atoms with van der Waals surface area (Å²) in [5.74, 6) is 2.39. The molecule has 0 bridgehead atoms. The van der Waals surface area contributed by atoms with Crippen LogP contribution in [0.3, 0.4) is 0 Å². The molecule has 1 aromatic carbocycles. The van der Waals surface area contributed by atoms with Crippen LogP contribution in [0.5, 0.6) is 5.75 Å². The van der Waals surface area contributed by atoms with Gasteiger partial charge in [-0.05, 0) is 18.4 Å². The Balaban J connectivity index is 0.00000176. The molecular formula is C17H26IN3O. The highest BCUT2D eigenvalue weighted by Gasteiger charge is 2.21. The molecule has 2 aliphatic rings. The van der Waals surface area contributed by atoms with E-state index in [0.29, 0.717) is 5.96 Å². The Morgan fingerprint density at radius 1 is 1.23 bits per heavy atom. The quantitative estimate of drug-likeness (QED) is 0.449. The number of halogens is 1. The summed E-state index contributed by atoms with van der Waals surface area (Å²) in [7, 11) is 0. The van der Waals surface area contributed by atoms with Gasteiger partial charge in [0.25, 0.3) is 0 Å². The molecule has 0 amide bonds. The summed E-state index contributed by atoms with van der Waals surface area (Å²) < 4.78 is 5.66. The van der Waals surface area contributed by atoms with Gasteiger partial charge in [0.15, 0.2) is 5.96 Å². The molecular weight excluding hydrogens is 389 g/mol. The van der Waals surface area contributed by atoms with Crippen LogP contribution in [-0.2, 0) is 0 Å². The van der Waals surface area contributed by atoms with Crippen LogP contribution in [0.1, 0.15) is 50.1 Å². The Kier molecular flexibility index (Phi) is 6.79. The molecule has 1 saturated carbocycles. The Morgan fingerprint density at radius 3 is 2.82 bits per heavy atom. The van der Waals surface area contributed by atoms with Crippen LogP contribution < -0.4 is 15.8 Å². The topological polar surface area (TPSA) is 59.6 Å². The van der Waals surface area contributed by atoms with Gasteiger partial charge in [0, 0.05) is 18.5 Å². The second-order valence-corrected chi connectivity index (χ2v) is 6.08. The summed E-state index contributed by atoms with van der Waals surface area (Å²) in [6.07, 6.45) is 7.62. The van der Waals surface area contributed by atoms with Gasteiger partial charge in [0.2, 0.25) is 0 Å². The molecule has 1 aliphatic carbocycles. The average Bonchev–Trinajstić information content (AvgIpc) is 3.01. The van der Waals surface area contributed by atoms with E-state index in [1.54, 1.807) is 0 Å². The molecule has 0 radical (unpaired) electrons. The van der Waals surface area contributed by atoms with Crippen molar-refractivity contribution < 1.29 is 4.74 Å². The molecule has 1 atom stereocenters. The van der Waals surface area contributed by atoms with Crippen molar-refractivity contribution in [3.63, 3.8) is 0 Å². The van der Waals surface area contributed by atoms with Crippen LogP contribution in [0.15, 0.2) is 29.3 Å². The number of nitrogens with zero attached hydrogens (tertiary/aromatic N) is 1. The molecule has 1 unspecified atom stereocenters. The van der Waals surface area contributed by atoms with Crippen LogP contribution in [-0.4, -0.2) is 19.1 Å². The maximum absolute atomic E-state index is 6.04. The minimum absolute atomic E-state index is 0. The smallest absolute Gasteiger partial charge is 0.189 e. The molecule has 1 fully saturated rings. The highest BCUT2D eigenvalue weighted by atomic mass is 127. The summed E-state index contributed by atoms with van der Waals surface area (Å²) in [6.45, 7) is 1.57. The third-order valence-corrected chi connectivity index (χ3v) is 4.57. The van der Waals surface area contributed by atoms with Gasteiger partial charge in [-0.2, -0.15) is 0 Å². The van der Waals surface area contributed by atoms with E-state index in [1.807, 2.05) is 18.2 Å². The number of nitrogens with two attached hydrogens (primary N) is 1. The van der Waals surface area contributed by atoms with E-state index in [-0.39, 0.29) is 30.0 Å². The highest BCUT2D eigenvalue weighted by Crippen LogP contribution is 2.31. The van der Waals surface area contributed by atoms with Gasteiger partial charge in [0.05, 0.1) is 12.6 Å². The Bertz CT molecular complexity index is 500. The lowest BCUT2D eigenvalue weighted by atomic mass is 10.0. The maximum Gasteiger partial charge on any atom is 0.189 e. The standard InChI is InChI=1S/C17H25N3O.HI/c18-17(19-11-9-13-5-1-2-6-13)20-15-10-12-21-16-8-4-3-7-14(15)16;/h3-4,7-8,13,15H,1-2,5-6,9-12H2,(H3,18,19,20);1H. The van der Waals surface area contributed by atoms with Crippen molar-refractivity contribution in [3.8, 4) is 5.75 Å². The van der Waals surface area contributed by atoms with Gasteiger partial charge in [-0.1, -0.05) is 43.9 Å². The Morgan fingerprint density at radius 2 is 2.00 bits per heavy atom. The number of hydrogen-bond acceptors (Lipinski definition) is 2. The third kappa shape index (κ3) is 4.51. The van der Waals surface area contributed by atoms with Crippen molar-refractivity contribution in [2.75, 3.05) is 13.2 Å². The van der Waals surface area contributed by atoms with Crippen molar-refractivity contribution in [2.24, 2.45) is 16.6 Å². The summed E-state index contributed by atoms with van der Waals surface area (Å²) in [6, 6.07) is 8.36. The van der Waals surface area contributed by atoms with Gasteiger partial charge in [-0.25, -0.2) is 0 Å². The molecule has 4 nitrogen and oxygen atoms in total. The number of para-hydroxylation sites is 1. The number of rotatable bonds is 4. The lowest BCUT2D eigenvalue weighted by Crippen LogP contribution is -2.37. The monoisotopic (exact) mass is 415 g/mol. The number of fused-ring (bicyclic) bond motifs is 1. The SMILES string of the molecule is I.NC(=NCCC1CCCC1)NC1CCOc2ccccc21.